The van der Waals surface area contributed by atoms with Crippen LogP contribution in [0.2, 0.25) is 0 Å². The zero-order chi connectivity index (χ0) is 20.3. The molecule has 0 aliphatic carbocycles. The van der Waals surface area contributed by atoms with Crippen LogP contribution >= 0.6 is 0 Å². The molecule has 0 saturated carbocycles. The lowest BCUT2D eigenvalue weighted by Gasteiger charge is -2.21. The Balaban J connectivity index is 1.52. The van der Waals surface area contributed by atoms with E-state index in [0.717, 1.165) is 47.7 Å². The number of rotatable bonds is 5. The lowest BCUT2D eigenvalue weighted by Crippen LogP contribution is -2.31. The number of nitrogens with two attached hydrogens (primary N) is 1. The molecule has 3 aromatic carbocycles. The highest BCUT2D eigenvalue weighted by molar-refractivity contribution is 7.89. The molecule has 1 unspecified atom stereocenters. The molecule has 1 aliphatic heterocycles. The van der Waals surface area contributed by atoms with Gasteiger partial charge >= 0.3 is 0 Å². The number of nitrogens with zero attached hydrogens (tertiary/aromatic N) is 1. The minimum Gasteiger partial charge on any atom is -0.366 e. The molecule has 0 radical (unpaired) electrons. The fourth-order valence-electron chi connectivity index (χ4n) is 3.93. The number of nitrogens with one attached hydrogen (secondary N) is 1. The zero-order valence-corrected chi connectivity index (χ0v) is 17.2. The van der Waals surface area contributed by atoms with Gasteiger partial charge in [0.2, 0.25) is 10.0 Å². The van der Waals surface area contributed by atoms with E-state index in [1.807, 2.05) is 24.3 Å². The molecule has 1 atom stereocenters. The second-order valence-corrected chi connectivity index (χ2v) is 9.47. The van der Waals surface area contributed by atoms with Crippen LogP contribution in [0.5, 0.6) is 0 Å². The van der Waals surface area contributed by atoms with Crippen molar-refractivity contribution in [1.82, 2.24) is 4.31 Å². The summed E-state index contributed by atoms with van der Waals surface area (Å²) in [6.07, 6.45) is 3.66. The van der Waals surface area contributed by atoms with Crippen LogP contribution in [0.15, 0.2) is 71.6 Å². The minimum atomic E-state index is -3.44. The zero-order valence-electron chi connectivity index (χ0n) is 16.4. The fourth-order valence-corrected chi connectivity index (χ4v) is 5.45. The van der Waals surface area contributed by atoms with Gasteiger partial charge in [-0.05, 0) is 53.4 Å². The first-order chi connectivity index (χ1) is 14.1. The Morgan fingerprint density at radius 1 is 0.828 bits per heavy atom. The summed E-state index contributed by atoms with van der Waals surface area (Å²) in [7, 11) is -3.44. The molecule has 1 saturated heterocycles. The van der Waals surface area contributed by atoms with Crippen LogP contribution in [0.4, 0.5) is 5.69 Å². The summed E-state index contributed by atoms with van der Waals surface area (Å²) in [5.74, 6) is 0. The second-order valence-electron chi connectivity index (χ2n) is 7.53. The number of hydrogen-bond donors (Lipinski definition) is 2. The largest absolute Gasteiger partial charge is 0.366 e. The number of hydrogen-bond acceptors (Lipinski definition) is 4. The van der Waals surface area contributed by atoms with E-state index in [2.05, 4.69) is 23.5 Å². The Morgan fingerprint density at radius 3 is 2.21 bits per heavy atom. The van der Waals surface area contributed by atoms with Gasteiger partial charge in [-0.3, -0.25) is 0 Å². The van der Waals surface area contributed by atoms with Gasteiger partial charge in [-0.25, -0.2) is 8.42 Å². The van der Waals surface area contributed by atoms with Crippen molar-refractivity contribution in [2.75, 3.05) is 18.4 Å². The van der Waals surface area contributed by atoms with Gasteiger partial charge in [0, 0.05) is 18.8 Å². The average molecular weight is 410 g/mol. The molecule has 152 valence electrons. The summed E-state index contributed by atoms with van der Waals surface area (Å²) in [4.78, 5) is 0.337. The summed E-state index contributed by atoms with van der Waals surface area (Å²) in [5, 5.41) is 5.53. The Bertz CT molecular complexity index is 1070. The van der Waals surface area contributed by atoms with Crippen LogP contribution in [0, 0.1) is 0 Å². The average Bonchev–Trinajstić information content (AvgIpc) is 3.04. The third-order valence-corrected chi connectivity index (χ3v) is 7.45. The van der Waals surface area contributed by atoms with Gasteiger partial charge < -0.3 is 11.1 Å². The molecule has 6 heteroatoms. The Kier molecular flexibility index (Phi) is 5.85. The number of anilines is 1. The standard InChI is InChI=1S/C23H27N3O2S/c24-23(22-11-7-9-18-8-3-4-10-21(18)22)25-19-12-14-20(15-13-19)29(27,28)26-16-5-1-2-6-17-26/h3-4,7-15,23,25H,1-2,5-6,16-17,24H2. The maximum Gasteiger partial charge on any atom is 0.243 e. The van der Waals surface area contributed by atoms with E-state index < -0.39 is 16.2 Å². The van der Waals surface area contributed by atoms with E-state index in [9.17, 15) is 8.42 Å². The fraction of sp³-hybridized carbons (Fsp3) is 0.304. The number of fused-ring (bicyclic) bond motifs is 1. The van der Waals surface area contributed by atoms with Crippen LogP contribution in [-0.4, -0.2) is 25.8 Å². The molecule has 5 nitrogen and oxygen atoms in total. The first kappa shape index (κ1) is 19.9. The van der Waals surface area contributed by atoms with Crippen LogP contribution < -0.4 is 11.1 Å². The molecule has 3 aromatic rings. The van der Waals surface area contributed by atoms with Gasteiger partial charge in [-0.1, -0.05) is 55.3 Å². The lowest BCUT2D eigenvalue weighted by molar-refractivity contribution is 0.424. The summed E-state index contributed by atoms with van der Waals surface area (Å²) in [5.41, 5.74) is 8.21. The first-order valence-electron chi connectivity index (χ1n) is 10.2. The number of sulfonamides is 1. The van der Waals surface area contributed by atoms with E-state index in [1.54, 1.807) is 28.6 Å². The van der Waals surface area contributed by atoms with Crippen molar-refractivity contribution in [1.29, 1.82) is 0 Å². The van der Waals surface area contributed by atoms with Crippen LogP contribution in [0.3, 0.4) is 0 Å². The third kappa shape index (κ3) is 4.29. The van der Waals surface area contributed by atoms with Crippen molar-refractivity contribution in [3.63, 3.8) is 0 Å². The molecule has 1 aliphatic rings. The van der Waals surface area contributed by atoms with Crippen LogP contribution in [-0.2, 0) is 10.0 Å². The molecule has 0 aromatic heterocycles. The topological polar surface area (TPSA) is 75.4 Å². The molecule has 0 bridgehead atoms. The molecule has 4 rings (SSSR count). The van der Waals surface area contributed by atoms with Gasteiger partial charge in [-0.2, -0.15) is 4.31 Å². The normalized spacial score (nSPS) is 17.0. The molecule has 3 N–H and O–H groups in total. The third-order valence-electron chi connectivity index (χ3n) is 5.54. The van der Waals surface area contributed by atoms with Crippen molar-refractivity contribution in [3.8, 4) is 0 Å². The highest BCUT2D eigenvalue weighted by atomic mass is 32.2. The van der Waals surface area contributed by atoms with Gasteiger partial charge in [0.25, 0.3) is 0 Å². The summed E-state index contributed by atoms with van der Waals surface area (Å²) in [6.45, 7) is 1.21. The van der Waals surface area contributed by atoms with Crippen molar-refractivity contribution < 1.29 is 8.42 Å². The molecule has 0 amide bonds. The van der Waals surface area contributed by atoms with Gasteiger partial charge in [0.05, 0.1) is 4.90 Å². The maximum atomic E-state index is 12.9. The van der Waals surface area contributed by atoms with Crippen molar-refractivity contribution in [2.45, 2.75) is 36.7 Å². The minimum absolute atomic E-state index is 0.337. The van der Waals surface area contributed by atoms with Gasteiger partial charge in [-0.15, -0.1) is 0 Å². The van der Waals surface area contributed by atoms with Gasteiger partial charge in [0.1, 0.15) is 6.17 Å². The number of benzene rings is 3. The van der Waals surface area contributed by atoms with E-state index in [1.165, 1.54) is 0 Å². The molecular formula is C23H27N3O2S. The van der Waals surface area contributed by atoms with E-state index in [0.29, 0.717) is 18.0 Å². The van der Waals surface area contributed by atoms with E-state index in [4.69, 9.17) is 5.73 Å². The molecule has 29 heavy (non-hydrogen) atoms. The smallest absolute Gasteiger partial charge is 0.243 e. The SMILES string of the molecule is NC(Nc1ccc(S(=O)(=O)N2CCCCCC2)cc1)c1cccc2ccccc12. The van der Waals surface area contributed by atoms with Crippen molar-refractivity contribution in [3.05, 3.63) is 72.3 Å². The maximum absolute atomic E-state index is 12.9. The quantitative estimate of drug-likeness (QED) is 0.610. The van der Waals surface area contributed by atoms with E-state index in [-0.39, 0.29) is 0 Å². The monoisotopic (exact) mass is 409 g/mol. The Labute approximate surface area is 172 Å². The van der Waals surface area contributed by atoms with Crippen LogP contribution in [0.25, 0.3) is 10.8 Å². The molecule has 1 heterocycles. The predicted octanol–water partition coefficient (Wildman–Crippen LogP) is 4.47. The van der Waals surface area contributed by atoms with Gasteiger partial charge in [0.15, 0.2) is 0 Å². The molecule has 1 fully saturated rings. The summed E-state index contributed by atoms with van der Waals surface area (Å²) in [6, 6.07) is 21.1. The molecule has 0 spiro atoms. The first-order valence-corrected chi connectivity index (χ1v) is 11.6. The summed E-state index contributed by atoms with van der Waals surface area (Å²) < 4.78 is 27.5. The summed E-state index contributed by atoms with van der Waals surface area (Å²) >= 11 is 0. The van der Waals surface area contributed by atoms with Crippen molar-refractivity contribution in [2.24, 2.45) is 5.73 Å². The Hall–Kier alpha value is -2.41. The Morgan fingerprint density at radius 2 is 1.48 bits per heavy atom. The predicted molar refractivity (Wildman–Crippen MR) is 118 cm³/mol. The van der Waals surface area contributed by atoms with E-state index >= 15 is 0 Å². The highest BCUT2D eigenvalue weighted by Gasteiger charge is 2.25. The van der Waals surface area contributed by atoms with Crippen molar-refractivity contribution >= 4 is 26.5 Å². The lowest BCUT2D eigenvalue weighted by atomic mass is 10.0. The highest BCUT2D eigenvalue weighted by Crippen LogP contribution is 2.26. The van der Waals surface area contributed by atoms with Crippen LogP contribution in [0.1, 0.15) is 37.4 Å². The molecular weight excluding hydrogens is 382 g/mol. The second kappa shape index (κ2) is 8.53.